The van der Waals surface area contributed by atoms with Gasteiger partial charge in [0.25, 0.3) is 0 Å². The van der Waals surface area contributed by atoms with Gasteiger partial charge < -0.3 is 10.4 Å². The Morgan fingerprint density at radius 3 is 2.35 bits per heavy atom. The van der Waals surface area contributed by atoms with Crippen molar-refractivity contribution < 1.29 is 24.3 Å². The van der Waals surface area contributed by atoms with Crippen LogP contribution in [0.15, 0.2) is 107 Å². The monoisotopic (exact) mass is 590 g/mol. The molecule has 214 valence electrons. The Labute approximate surface area is 253 Å². The quantitative estimate of drug-likeness (QED) is 0.206. The van der Waals surface area contributed by atoms with Crippen molar-refractivity contribution in [2.45, 2.75) is 25.7 Å². The molecule has 4 atom stereocenters. The van der Waals surface area contributed by atoms with Crippen molar-refractivity contribution in [1.29, 1.82) is 0 Å². The minimum atomic E-state index is -0.756. The molecule has 1 aliphatic heterocycles. The molecule has 7 rings (SSSR count). The zero-order chi connectivity index (χ0) is 30.0. The molecule has 2 amide bonds. The summed E-state index contributed by atoms with van der Waals surface area (Å²) < 4.78 is 0. The number of carbonyl (C=O) groups excluding carboxylic acids is 4. The number of rotatable bonds is 4. The number of aromatic hydroxyl groups is 1. The van der Waals surface area contributed by atoms with Gasteiger partial charge in [-0.2, -0.15) is 0 Å². The number of amides is 2. The van der Waals surface area contributed by atoms with E-state index < -0.39 is 23.7 Å². The Kier molecular flexibility index (Phi) is 6.43. The van der Waals surface area contributed by atoms with Crippen molar-refractivity contribution in [1.82, 2.24) is 0 Å². The standard InChI is InChI=1S/C35H27ClN2O5/c1-18-15-29(40)27-17-25-23(30(32(27)33(18)41)26-16-19(36)7-14-28(26)39)12-13-24-31(25)35(43)38(34(24)42)22-10-8-21(9-11-22)37-20-5-3-2-4-6-20/h2-12,14-16,24-25,30-31,37,39H,13,17H2,1H3/t24-,25+,30+,31-/m0/s1. The number of Topliss-reactive ketones (excluding diaryl/α,β-unsaturated/α-hetero) is 1. The van der Waals surface area contributed by atoms with Crippen LogP contribution in [-0.2, 0) is 19.2 Å². The minimum absolute atomic E-state index is 0.0583. The first-order chi connectivity index (χ1) is 20.7. The van der Waals surface area contributed by atoms with E-state index in [4.69, 9.17) is 11.6 Å². The fourth-order valence-corrected chi connectivity index (χ4v) is 7.29. The first-order valence-electron chi connectivity index (χ1n) is 14.2. The van der Waals surface area contributed by atoms with Crippen molar-refractivity contribution in [3.05, 3.63) is 118 Å². The lowest BCUT2D eigenvalue weighted by Crippen LogP contribution is -2.39. The molecule has 0 aromatic heterocycles. The maximum Gasteiger partial charge on any atom is 0.238 e. The Balaban J connectivity index is 1.26. The van der Waals surface area contributed by atoms with E-state index in [1.54, 1.807) is 31.2 Å². The minimum Gasteiger partial charge on any atom is -0.508 e. The van der Waals surface area contributed by atoms with Crippen LogP contribution in [0.25, 0.3) is 0 Å². The highest BCUT2D eigenvalue weighted by atomic mass is 35.5. The third-order valence-corrected chi connectivity index (χ3v) is 9.29. The molecule has 0 radical (unpaired) electrons. The number of phenols is 1. The van der Waals surface area contributed by atoms with Crippen LogP contribution in [0.1, 0.15) is 31.2 Å². The van der Waals surface area contributed by atoms with Gasteiger partial charge in [-0.3, -0.25) is 24.1 Å². The molecule has 0 saturated carbocycles. The molecule has 2 N–H and O–H groups in total. The van der Waals surface area contributed by atoms with Crippen LogP contribution >= 0.6 is 11.6 Å². The zero-order valence-electron chi connectivity index (χ0n) is 23.2. The van der Waals surface area contributed by atoms with Crippen molar-refractivity contribution in [2.75, 3.05) is 10.2 Å². The van der Waals surface area contributed by atoms with Crippen LogP contribution in [0, 0.1) is 17.8 Å². The van der Waals surface area contributed by atoms with Gasteiger partial charge in [-0.1, -0.05) is 41.4 Å². The summed E-state index contributed by atoms with van der Waals surface area (Å²) in [5.74, 6) is -3.76. The van der Waals surface area contributed by atoms with Gasteiger partial charge in [0.15, 0.2) is 11.6 Å². The summed E-state index contributed by atoms with van der Waals surface area (Å²) in [6, 6.07) is 21.4. The van der Waals surface area contributed by atoms with E-state index >= 15 is 0 Å². The smallest absolute Gasteiger partial charge is 0.238 e. The first kappa shape index (κ1) is 27.1. The van der Waals surface area contributed by atoms with E-state index in [9.17, 15) is 24.3 Å². The lowest BCUT2D eigenvalue weighted by molar-refractivity contribution is -0.123. The maximum atomic E-state index is 14.1. The predicted octanol–water partition coefficient (Wildman–Crippen LogP) is 6.42. The summed E-state index contributed by atoms with van der Waals surface area (Å²) in [5.41, 5.74) is 4.35. The fraction of sp³-hybridized carbons (Fsp3) is 0.200. The van der Waals surface area contributed by atoms with E-state index in [-0.39, 0.29) is 35.6 Å². The number of nitrogens with one attached hydrogen (secondary N) is 1. The summed E-state index contributed by atoms with van der Waals surface area (Å²) in [6.07, 6.45) is 3.74. The fourth-order valence-electron chi connectivity index (χ4n) is 7.11. The average Bonchev–Trinajstić information content (AvgIpc) is 3.26. The molecule has 1 fully saturated rings. The maximum absolute atomic E-state index is 14.1. The molecule has 3 aromatic rings. The van der Waals surface area contributed by atoms with Crippen LogP contribution in [0.3, 0.4) is 0 Å². The Bertz CT molecular complexity index is 1820. The van der Waals surface area contributed by atoms with E-state index in [1.807, 2.05) is 48.5 Å². The number of hydrogen-bond acceptors (Lipinski definition) is 6. The molecule has 0 unspecified atom stereocenters. The van der Waals surface area contributed by atoms with Crippen LogP contribution in [-0.4, -0.2) is 28.5 Å². The third-order valence-electron chi connectivity index (χ3n) is 9.05. The van der Waals surface area contributed by atoms with Gasteiger partial charge in [0.1, 0.15) is 5.75 Å². The number of fused-ring (bicyclic) bond motifs is 3. The summed E-state index contributed by atoms with van der Waals surface area (Å²) in [5, 5.41) is 14.6. The summed E-state index contributed by atoms with van der Waals surface area (Å²) >= 11 is 6.33. The van der Waals surface area contributed by atoms with Crippen LogP contribution in [0.2, 0.25) is 5.02 Å². The van der Waals surface area contributed by atoms with Gasteiger partial charge in [0, 0.05) is 44.6 Å². The molecule has 3 aromatic carbocycles. The van der Waals surface area contributed by atoms with E-state index in [2.05, 4.69) is 5.32 Å². The number of allylic oxidation sites excluding steroid dienone is 6. The summed E-state index contributed by atoms with van der Waals surface area (Å²) in [7, 11) is 0. The molecule has 1 heterocycles. The topological polar surface area (TPSA) is 104 Å². The molecule has 0 bridgehead atoms. The molecule has 0 spiro atoms. The Morgan fingerprint density at radius 1 is 0.884 bits per heavy atom. The number of para-hydroxylation sites is 1. The number of carbonyl (C=O) groups is 4. The number of hydrogen-bond donors (Lipinski definition) is 2. The molecular formula is C35H27ClN2O5. The van der Waals surface area contributed by atoms with Crippen molar-refractivity contribution in [3.8, 4) is 5.75 Å². The second-order valence-corrected chi connectivity index (χ2v) is 11.9. The summed E-state index contributed by atoms with van der Waals surface area (Å²) in [4.78, 5) is 56.0. The molecular weight excluding hydrogens is 564 g/mol. The van der Waals surface area contributed by atoms with E-state index in [0.717, 1.165) is 16.9 Å². The van der Waals surface area contributed by atoms with Crippen molar-refractivity contribution in [2.24, 2.45) is 17.8 Å². The zero-order valence-corrected chi connectivity index (χ0v) is 24.0. The second kappa shape index (κ2) is 10.2. The van der Waals surface area contributed by atoms with Crippen molar-refractivity contribution in [3.63, 3.8) is 0 Å². The average molecular weight is 591 g/mol. The Morgan fingerprint density at radius 2 is 1.60 bits per heavy atom. The highest BCUT2D eigenvalue weighted by Gasteiger charge is 2.56. The molecule has 4 aliphatic rings. The van der Waals surface area contributed by atoms with Crippen LogP contribution in [0.4, 0.5) is 17.1 Å². The van der Waals surface area contributed by atoms with E-state index in [0.29, 0.717) is 39.4 Å². The van der Waals surface area contributed by atoms with Gasteiger partial charge in [0.05, 0.1) is 17.5 Å². The highest BCUT2D eigenvalue weighted by Crippen LogP contribution is 2.56. The van der Waals surface area contributed by atoms with Gasteiger partial charge >= 0.3 is 0 Å². The number of benzene rings is 3. The van der Waals surface area contributed by atoms with Gasteiger partial charge in [0.2, 0.25) is 11.8 Å². The highest BCUT2D eigenvalue weighted by molar-refractivity contribution is 6.30. The first-order valence-corrected chi connectivity index (χ1v) is 14.6. The number of anilines is 3. The number of halogens is 1. The van der Waals surface area contributed by atoms with E-state index in [1.165, 1.54) is 17.0 Å². The van der Waals surface area contributed by atoms with Gasteiger partial charge in [-0.15, -0.1) is 0 Å². The number of phenolic OH excluding ortho intramolecular Hbond substituents is 1. The van der Waals surface area contributed by atoms with Crippen LogP contribution < -0.4 is 10.2 Å². The summed E-state index contributed by atoms with van der Waals surface area (Å²) in [6.45, 7) is 1.61. The number of imide groups is 1. The Hall–Kier alpha value is -4.75. The van der Waals surface area contributed by atoms with Crippen LogP contribution in [0.5, 0.6) is 5.75 Å². The molecule has 1 saturated heterocycles. The van der Waals surface area contributed by atoms with Crippen molar-refractivity contribution >= 4 is 52.0 Å². The molecule has 8 heteroatoms. The van der Waals surface area contributed by atoms with Gasteiger partial charge in [-0.25, -0.2) is 0 Å². The normalized spacial score (nSPS) is 24.7. The SMILES string of the molecule is CC1=CC(=O)C2=C(C1=O)[C@@H](c1cc(Cl)ccc1O)C1=CC[C@@H]3C(=O)N(c4ccc(Nc5ccccc5)cc4)C(=O)[C@@H]3[C@@H]1C2. The number of nitrogens with zero attached hydrogens (tertiary/aromatic N) is 1. The predicted molar refractivity (Wildman–Crippen MR) is 163 cm³/mol. The lowest BCUT2D eigenvalue weighted by atomic mass is 9.59. The molecule has 7 nitrogen and oxygen atoms in total. The molecule has 43 heavy (non-hydrogen) atoms. The molecule has 3 aliphatic carbocycles. The number of ketones is 2. The lowest BCUT2D eigenvalue weighted by Gasteiger charge is -2.42. The third kappa shape index (κ3) is 4.34. The van der Waals surface area contributed by atoms with Gasteiger partial charge in [-0.05, 0) is 86.4 Å². The largest absolute Gasteiger partial charge is 0.508 e. The second-order valence-electron chi connectivity index (χ2n) is 11.5.